The lowest BCUT2D eigenvalue weighted by Gasteiger charge is -2.13. The van der Waals surface area contributed by atoms with Crippen molar-refractivity contribution in [1.82, 2.24) is 0 Å². The fourth-order valence-corrected chi connectivity index (χ4v) is 2.52. The van der Waals surface area contributed by atoms with Gasteiger partial charge >= 0.3 is 5.97 Å². The summed E-state index contributed by atoms with van der Waals surface area (Å²) in [5, 5.41) is 18.2. The molecule has 2 rings (SSSR count). The summed E-state index contributed by atoms with van der Waals surface area (Å²) in [6.45, 7) is 1.32. The second-order valence-electron chi connectivity index (χ2n) is 5.41. The van der Waals surface area contributed by atoms with Crippen LogP contribution in [0.4, 0.5) is 11.4 Å². The lowest BCUT2D eigenvalue weighted by molar-refractivity contribution is -0.384. The smallest absolute Gasteiger partial charge is 0.339 e. The van der Waals surface area contributed by atoms with Crippen molar-refractivity contribution in [2.75, 3.05) is 5.32 Å². The number of nitrogens with one attached hydrogen (secondary N) is 1. The molecule has 0 radical (unpaired) electrons. The summed E-state index contributed by atoms with van der Waals surface area (Å²) in [7, 11) is -3.85. The molecule has 0 aliphatic rings. The number of nitro groups is 1. The van der Waals surface area contributed by atoms with Crippen LogP contribution in [0.1, 0.15) is 17.3 Å². The zero-order valence-corrected chi connectivity index (χ0v) is 14.8. The molecular formula is C16H15N3O7S. The first-order chi connectivity index (χ1) is 12.6. The number of rotatable bonds is 6. The number of hydrogen-bond acceptors (Lipinski definition) is 7. The molecule has 142 valence electrons. The van der Waals surface area contributed by atoms with Crippen LogP contribution < -0.4 is 10.5 Å². The van der Waals surface area contributed by atoms with Crippen molar-refractivity contribution in [3.05, 3.63) is 64.2 Å². The van der Waals surface area contributed by atoms with Crippen LogP contribution in [0.5, 0.6) is 0 Å². The lowest BCUT2D eigenvalue weighted by Crippen LogP contribution is -2.30. The minimum Gasteiger partial charge on any atom is -0.449 e. The molecule has 0 heterocycles. The summed E-state index contributed by atoms with van der Waals surface area (Å²) >= 11 is 0. The molecule has 0 fully saturated rings. The van der Waals surface area contributed by atoms with Gasteiger partial charge in [-0.2, -0.15) is 0 Å². The first kappa shape index (κ1) is 20.0. The number of hydrogen-bond donors (Lipinski definition) is 2. The van der Waals surface area contributed by atoms with Crippen molar-refractivity contribution < 1.29 is 27.7 Å². The minimum absolute atomic E-state index is 0.0682. The molecule has 0 saturated carbocycles. The summed E-state index contributed by atoms with van der Waals surface area (Å²) in [6, 6.07) is 9.99. The van der Waals surface area contributed by atoms with Crippen molar-refractivity contribution in [3.63, 3.8) is 0 Å². The van der Waals surface area contributed by atoms with E-state index in [1.54, 1.807) is 0 Å². The van der Waals surface area contributed by atoms with Gasteiger partial charge in [0.25, 0.3) is 11.6 Å². The van der Waals surface area contributed by atoms with Crippen LogP contribution in [0, 0.1) is 10.1 Å². The Kier molecular flexibility index (Phi) is 5.88. The molecule has 0 unspecified atom stereocenters. The van der Waals surface area contributed by atoms with Gasteiger partial charge in [-0.15, -0.1) is 0 Å². The molecule has 0 aromatic heterocycles. The van der Waals surface area contributed by atoms with E-state index in [1.807, 2.05) is 0 Å². The number of nitrogens with two attached hydrogens (primary N) is 1. The molecule has 1 amide bonds. The standard InChI is InChI=1S/C16H15N3O7S/c1-10(26-16(21)11-3-2-4-13(9-11)19(22)23)15(20)18-12-5-7-14(8-6-12)27(17,24)25/h2-10H,1H3,(H,18,20)(H2,17,24,25)/t10-/m0/s1. The summed E-state index contributed by atoms with van der Waals surface area (Å²) in [5.41, 5.74) is -0.0801. The van der Waals surface area contributed by atoms with Crippen molar-refractivity contribution in [2.45, 2.75) is 17.9 Å². The van der Waals surface area contributed by atoms with Crippen LogP contribution in [-0.2, 0) is 19.6 Å². The monoisotopic (exact) mass is 393 g/mol. The van der Waals surface area contributed by atoms with Crippen LogP contribution >= 0.6 is 0 Å². The molecule has 1 atom stereocenters. The number of esters is 1. The number of ether oxygens (including phenoxy) is 1. The van der Waals surface area contributed by atoms with E-state index >= 15 is 0 Å². The number of benzene rings is 2. The molecule has 10 nitrogen and oxygen atoms in total. The number of sulfonamides is 1. The first-order valence-corrected chi connectivity index (χ1v) is 9.02. The highest BCUT2D eigenvalue weighted by Gasteiger charge is 2.20. The van der Waals surface area contributed by atoms with Crippen molar-refractivity contribution in [3.8, 4) is 0 Å². The Balaban J connectivity index is 2.02. The van der Waals surface area contributed by atoms with Gasteiger partial charge < -0.3 is 10.1 Å². The Morgan fingerprint density at radius 2 is 1.81 bits per heavy atom. The van der Waals surface area contributed by atoms with E-state index in [2.05, 4.69) is 5.32 Å². The number of nitrogens with zero attached hydrogens (tertiary/aromatic N) is 1. The largest absolute Gasteiger partial charge is 0.449 e. The molecule has 3 N–H and O–H groups in total. The Hall–Kier alpha value is -3.31. The number of anilines is 1. The van der Waals surface area contributed by atoms with Gasteiger partial charge in [0.1, 0.15) is 0 Å². The molecule has 0 aliphatic heterocycles. The zero-order valence-electron chi connectivity index (χ0n) is 14.0. The number of amides is 1. The first-order valence-electron chi connectivity index (χ1n) is 7.47. The van der Waals surface area contributed by atoms with Gasteiger partial charge in [-0.1, -0.05) is 6.07 Å². The van der Waals surface area contributed by atoms with Crippen LogP contribution in [-0.4, -0.2) is 31.3 Å². The van der Waals surface area contributed by atoms with Crippen LogP contribution in [0.25, 0.3) is 0 Å². The van der Waals surface area contributed by atoms with Crippen molar-refractivity contribution in [2.24, 2.45) is 5.14 Å². The quantitative estimate of drug-likeness (QED) is 0.426. The number of nitro benzene ring substituents is 1. The molecule has 0 aliphatic carbocycles. The van der Waals surface area contributed by atoms with Crippen molar-refractivity contribution >= 4 is 33.3 Å². The Labute approximate surface area is 154 Å². The summed E-state index contributed by atoms with van der Waals surface area (Å²) in [6.07, 6.45) is -1.20. The Morgan fingerprint density at radius 3 is 2.37 bits per heavy atom. The summed E-state index contributed by atoms with van der Waals surface area (Å²) in [5.74, 6) is -1.57. The molecule has 2 aromatic carbocycles. The lowest BCUT2D eigenvalue weighted by atomic mass is 10.2. The maximum absolute atomic E-state index is 12.1. The third-order valence-corrected chi connectivity index (χ3v) is 4.33. The molecule has 0 saturated heterocycles. The van der Waals surface area contributed by atoms with E-state index in [4.69, 9.17) is 9.88 Å². The topological polar surface area (TPSA) is 159 Å². The van der Waals surface area contributed by atoms with Gasteiger partial charge in [-0.3, -0.25) is 14.9 Å². The Bertz CT molecular complexity index is 987. The van der Waals surface area contributed by atoms with E-state index < -0.39 is 32.9 Å². The van der Waals surface area contributed by atoms with Gasteiger partial charge in [0.15, 0.2) is 6.10 Å². The Morgan fingerprint density at radius 1 is 1.19 bits per heavy atom. The second kappa shape index (κ2) is 7.93. The molecule has 27 heavy (non-hydrogen) atoms. The third-order valence-electron chi connectivity index (χ3n) is 3.40. The van der Waals surface area contributed by atoms with E-state index in [-0.39, 0.29) is 21.8 Å². The maximum Gasteiger partial charge on any atom is 0.339 e. The van der Waals surface area contributed by atoms with Crippen LogP contribution in [0.3, 0.4) is 0 Å². The van der Waals surface area contributed by atoms with E-state index in [0.717, 1.165) is 6.07 Å². The fourth-order valence-electron chi connectivity index (χ4n) is 2.00. The minimum atomic E-state index is -3.85. The summed E-state index contributed by atoms with van der Waals surface area (Å²) < 4.78 is 27.4. The molecular weight excluding hydrogens is 378 g/mol. The van der Waals surface area contributed by atoms with E-state index in [9.17, 15) is 28.1 Å². The normalized spacial score (nSPS) is 12.1. The highest BCUT2D eigenvalue weighted by atomic mass is 32.2. The predicted molar refractivity (Wildman–Crippen MR) is 94.4 cm³/mol. The average molecular weight is 393 g/mol. The number of non-ortho nitro benzene ring substituents is 1. The average Bonchev–Trinajstić information content (AvgIpc) is 2.61. The molecule has 0 spiro atoms. The van der Waals surface area contributed by atoms with Gasteiger partial charge in [-0.25, -0.2) is 18.4 Å². The number of carbonyl (C=O) groups excluding carboxylic acids is 2. The van der Waals surface area contributed by atoms with Crippen LogP contribution in [0.15, 0.2) is 53.4 Å². The SMILES string of the molecule is C[C@H](OC(=O)c1cccc([N+](=O)[O-])c1)C(=O)Nc1ccc(S(N)(=O)=O)cc1. The van der Waals surface area contributed by atoms with Gasteiger partial charge in [-0.05, 0) is 37.3 Å². The van der Waals surface area contributed by atoms with Gasteiger partial charge in [0.2, 0.25) is 10.0 Å². The molecule has 2 aromatic rings. The van der Waals surface area contributed by atoms with E-state index in [1.165, 1.54) is 49.4 Å². The third kappa shape index (κ3) is 5.33. The number of primary sulfonamides is 1. The molecule has 11 heteroatoms. The summed E-state index contributed by atoms with van der Waals surface area (Å²) in [4.78, 5) is 34.1. The highest BCUT2D eigenvalue weighted by molar-refractivity contribution is 7.89. The maximum atomic E-state index is 12.1. The second-order valence-corrected chi connectivity index (χ2v) is 6.98. The van der Waals surface area contributed by atoms with Gasteiger partial charge in [0, 0.05) is 17.8 Å². The zero-order chi connectivity index (χ0) is 20.2. The van der Waals surface area contributed by atoms with Gasteiger partial charge in [0.05, 0.1) is 15.4 Å². The van der Waals surface area contributed by atoms with Crippen LogP contribution in [0.2, 0.25) is 0 Å². The predicted octanol–water partition coefficient (Wildman–Crippen LogP) is 1.43. The van der Waals surface area contributed by atoms with Crippen molar-refractivity contribution in [1.29, 1.82) is 0 Å². The highest BCUT2D eigenvalue weighted by Crippen LogP contribution is 2.16. The fraction of sp³-hybridized carbons (Fsp3) is 0.125. The molecule has 0 bridgehead atoms. The number of carbonyl (C=O) groups is 2. The van der Waals surface area contributed by atoms with E-state index in [0.29, 0.717) is 0 Å².